The fraction of sp³-hybridized carbons (Fsp3) is 0.594. The third kappa shape index (κ3) is 5.55. The first-order valence-corrected chi connectivity index (χ1v) is 15.2. The molecule has 0 unspecified atom stereocenters. The average Bonchev–Trinajstić information content (AvgIpc) is 3.02. The topological polar surface area (TPSA) is 69.2 Å². The Hall–Kier alpha value is -3.13. The summed E-state index contributed by atoms with van der Waals surface area (Å²) < 4.78 is 5.38. The molecule has 0 aliphatic carbocycles. The molecule has 8 nitrogen and oxygen atoms in total. The number of methoxy groups -OCH3 is 1. The molecular weight excluding hydrogens is 502 g/mol. The fourth-order valence-electron chi connectivity index (χ4n) is 7.90. The molecule has 1 aromatic carbocycles. The van der Waals surface area contributed by atoms with Crippen molar-refractivity contribution >= 4 is 17.5 Å². The smallest absolute Gasteiger partial charge is 0.255 e. The highest BCUT2D eigenvalue weighted by atomic mass is 16.5. The van der Waals surface area contributed by atoms with Crippen LogP contribution in [0.15, 0.2) is 48.8 Å². The van der Waals surface area contributed by atoms with Crippen LogP contribution in [0.25, 0.3) is 0 Å². The minimum Gasteiger partial charge on any atom is -0.497 e. The van der Waals surface area contributed by atoms with Gasteiger partial charge in [-0.15, -0.1) is 0 Å². The normalized spacial score (nSPS) is 26.8. The van der Waals surface area contributed by atoms with Crippen LogP contribution >= 0.6 is 0 Å². The van der Waals surface area contributed by atoms with Gasteiger partial charge in [-0.05, 0) is 87.7 Å². The van der Waals surface area contributed by atoms with Crippen molar-refractivity contribution in [2.45, 2.75) is 57.0 Å². The van der Waals surface area contributed by atoms with E-state index in [-0.39, 0.29) is 17.9 Å². The van der Waals surface area contributed by atoms with Gasteiger partial charge in [-0.1, -0.05) is 6.07 Å². The second-order valence-corrected chi connectivity index (χ2v) is 12.0. The zero-order chi connectivity index (χ0) is 27.5. The van der Waals surface area contributed by atoms with E-state index in [0.717, 1.165) is 57.0 Å². The van der Waals surface area contributed by atoms with E-state index in [0.29, 0.717) is 29.9 Å². The number of nitrogens with zero attached hydrogens (tertiary/aromatic N) is 5. The predicted molar refractivity (Wildman–Crippen MR) is 156 cm³/mol. The van der Waals surface area contributed by atoms with E-state index in [1.54, 1.807) is 19.5 Å². The number of piperidine rings is 3. The van der Waals surface area contributed by atoms with Crippen molar-refractivity contribution < 1.29 is 14.3 Å². The molecule has 0 spiro atoms. The van der Waals surface area contributed by atoms with Crippen LogP contribution in [0, 0.1) is 11.8 Å². The van der Waals surface area contributed by atoms with Crippen LogP contribution in [0.5, 0.6) is 5.75 Å². The second kappa shape index (κ2) is 12.2. The maximum absolute atomic E-state index is 13.8. The van der Waals surface area contributed by atoms with Gasteiger partial charge >= 0.3 is 0 Å². The number of anilines is 1. The van der Waals surface area contributed by atoms with Crippen LogP contribution in [0.4, 0.5) is 5.69 Å². The monoisotopic (exact) mass is 545 g/mol. The molecule has 0 saturated carbocycles. The molecule has 214 valence electrons. The first-order valence-electron chi connectivity index (χ1n) is 15.2. The minimum atomic E-state index is 0.110. The largest absolute Gasteiger partial charge is 0.497 e. The summed E-state index contributed by atoms with van der Waals surface area (Å²) in [5.74, 6) is 2.26. The lowest BCUT2D eigenvalue weighted by Crippen LogP contribution is -2.65. The summed E-state index contributed by atoms with van der Waals surface area (Å²) >= 11 is 0. The fourth-order valence-corrected chi connectivity index (χ4v) is 7.90. The maximum Gasteiger partial charge on any atom is 0.255 e. The third-order valence-corrected chi connectivity index (χ3v) is 9.78. The van der Waals surface area contributed by atoms with Gasteiger partial charge in [0.2, 0.25) is 5.91 Å². The molecule has 6 rings (SSSR count). The number of piperazine rings is 1. The van der Waals surface area contributed by atoms with E-state index < -0.39 is 0 Å². The van der Waals surface area contributed by atoms with Gasteiger partial charge in [0.1, 0.15) is 5.75 Å². The van der Waals surface area contributed by atoms with Crippen LogP contribution in [0.1, 0.15) is 55.3 Å². The summed E-state index contributed by atoms with van der Waals surface area (Å²) in [6, 6.07) is 12.7. The molecule has 5 heterocycles. The van der Waals surface area contributed by atoms with Crippen molar-refractivity contribution in [3.05, 3.63) is 54.4 Å². The number of ether oxygens (including phenoxy) is 1. The molecule has 0 radical (unpaired) electrons. The number of carbonyl (C=O) groups is 2. The molecule has 0 N–H and O–H groups in total. The number of benzene rings is 1. The van der Waals surface area contributed by atoms with E-state index in [1.807, 2.05) is 29.2 Å². The quantitative estimate of drug-likeness (QED) is 0.525. The lowest BCUT2D eigenvalue weighted by atomic mass is 9.69. The molecule has 4 saturated heterocycles. The summed E-state index contributed by atoms with van der Waals surface area (Å²) in [6.45, 7) is 6.36. The van der Waals surface area contributed by atoms with Crippen molar-refractivity contribution in [3.8, 4) is 5.75 Å². The highest BCUT2D eigenvalue weighted by Gasteiger charge is 2.49. The highest BCUT2D eigenvalue weighted by molar-refractivity contribution is 5.94. The lowest BCUT2D eigenvalue weighted by Gasteiger charge is -2.57. The molecule has 1 aromatic heterocycles. The standard InChI is InChI=1S/C32H43N5O3/c1-40-27-10-2-9-26(21-27)34-17-19-35(20-18-34)30(38)13-3-12-29-28-11-6-16-36-15-5-8-25(31(28)36)23-37(29)32(39)24-7-4-14-33-22-24/h2,4,7,9-10,14,21-22,25,28-29,31H,3,5-6,8,11-13,15-20,23H2,1H3/t25-,28+,29+,31-/m0/s1. The Morgan fingerprint density at radius 1 is 1.00 bits per heavy atom. The average molecular weight is 546 g/mol. The second-order valence-electron chi connectivity index (χ2n) is 12.0. The van der Waals surface area contributed by atoms with Gasteiger partial charge in [0.05, 0.1) is 12.7 Å². The molecule has 8 heteroatoms. The molecule has 4 fully saturated rings. The Morgan fingerprint density at radius 3 is 2.60 bits per heavy atom. The van der Waals surface area contributed by atoms with Gasteiger partial charge in [0.15, 0.2) is 0 Å². The molecule has 4 aliphatic heterocycles. The SMILES string of the molecule is COc1cccc(N2CCN(C(=O)CCC[C@@H]3[C@H]4CCCN5CCC[C@@H](CN3C(=O)c3cccnc3)[C@@H]45)CC2)c1. The number of hydrogen-bond acceptors (Lipinski definition) is 6. The molecule has 2 aromatic rings. The van der Waals surface area contributed by atoms with Crippen molar-refractivity contribution in [1.82, 2.24) is 19.7 Å². The van der Waals surface area contributed by atoms with Crippen LogP contribution in [0.2, 0.25) is 0 Å². The first kappa shape index (κ1) is 27.1. The van der Waals surface area contributed by atoms with Crippen molar-refractivity contribution in [2.24, 2.45) is 11.8 Å². The lowest BCUT2D eigenvalue weighted by molar-refractivity contribution is -0.131. The van der Waals surface area contributed by atoms with E-state index >= 15 is 0 Å². The Kier molecular flexibility index (Phi) is 8.23. The zero-order valence-electron chi connectivity index (χ0n) is 23.8. The number of aromatic nitrogens is 1. The van der Waals surface area contributed by atoms with Gasteiger partial charge in [-0.25, -0.2) is 0 Å². The summed E-state index contributed by atoms with van der Waals surface area (Å²) in [5, 5.41) is 0. The van der Waals surface area contributed by atoms with Crippen molar-refractivity contribution in [1.29, 1.82) is 0 Å². The number of pyridine rings is 1. The molecular formula is C32H43N5O3. The van der Waals surface area contributed by atoms with E-state index in [9.17, 15) is 9.59 Å². The van der Waals surface area contributed by atoms with E-state index in [2.05, 4.69) is 31.8 Å². The van der Waals surface area contributed by atoms with Crippen molar-refractivity contribution in [2.75, 3.05) is 57.8 Å². The number of amides is 2. The summed E-state index contributed by atoms with van der Waals surface area (Å²) in [4.78, 5) is 40.5. The van der Waals surface area contributed by atoms with Crippen LogP contribution in [-0.2, 0) is 4.79 Å². The molecule has 4 atom stereocenters. The van der Waals surface area contributed by atoms with Crippen molar-refractivity contribution in [3.63, 3.8) is 0 Å². The van der Waals surface area contributed by atoms with Crippen LogP contribution < -0.4 is 9.64 Å². The molecule has 4 aliphatic rings. The zero-order valence-corrected chi connectivity index (χ0v) is 23.8. The number of rotatable bonds is 7. The Labute approximate surface area is 238 Å². The number of carbonyl (C=O) groups excluding carboxylic acids is 2. The molecule has 40 heavy (non-hydrogen) atoms. The minimum absolute atomic E-state index is 0.110. The summed E-state index contributed by atoms with van der Waals surface area (Å²) in [5.41, 5.74) is 1.82. The number of likely N-dealkylation sites (tertiary alicyclic amines) is 1. The van der Waals surface area contributed by atoms with E-state index in [1.165, 1.54) is 38.8 Å². The molecule has 0 bridgehead atoms. The van der Waals surface area contributed by atoms with Gasteiger partial charge in [0.25, 0.3) is 5.91 Å². The predicted octanol–water partition coefficient (Wildman–Crippen LogP) is 3.92. The Bertz CT molecular complexity index is 1170. The highest BCUT2D eigenvalue weighted by Crippen LogP contribution is 2.43. The molecule has 2 amide bonds. The summed E-state index contributed by atoms with van der Waals surface area (Å²) in [6.07, 6.45) is 10.5. The van der Waals surface area contributed by atoms with Gasteiger partial charge < -0.3 is 19.4 Å². The Balaban J connectivity index is 1.09. The van der Waals surface area contributed by atoms with Crippen LogP contribution in [0.3, 0.4) is 0 Å². The van der Waals surface area contributed by atoms with Gasteiger partial charge in [0, 0.05) is 75.4 Å². The maximum atomic E-state index is 13.8. The number of hydrogen-bond donors (Lipinski definition) is 0. The van der Waals surface area contributed by atoms with Gasteiger partial charge in [-0.2, -0.15) is 0 Å². The Morgan fingerprint density at radius 2 is 1.82 bits per heavy atom. The van der Waals surface area contributed by atoms with Gasteiger partial charge in [-0.3, -0.25) is 19.5 Å². The van der Waals surface area contributed by atoms with Crippen LogP contribution in [-0.4, -0.2) is 96.5 Å². The third-order valence-electron chi connectivity index (χ3n) is 9.78. The first-order chi connectivity index (χ1) is 19.6. The summed E-state index contributed by atoms with van der Waals surface area (Å²) in [7, 11) is 1.69. The van der Waals surface area contributed by atoms with E-state index in [4.69, 9.17) is 4.74 Å².